The third-order valence-electron chi connectivity index (χ3n) is 4.55. The highest BCUT2D eigenvalue weighted by atomic mass is 32.2. The minimum absolute atomic E-state index is 0.131. The fraction of sp³-hybridized carbons (Fsp3) is 0.200. The highest BCUT2D eigenvalue weighted by Gasteiger charge is 2.14. The van der Waals surface area contributed by atoms with Gasteiger partial charge >= 0.3 is 5.63 Å². The van der Waals surface area contributed by atoms with Crippen LogP contribution < -0.4 is 5.63 Å². The third-order valence-corrected chi connectivity index (χ3v) is 5.52. The molecule has 1 N–H and O–H groups in total. The molecule has 4 aromatic rings. The van der Waals surface area contributed by atoms with Crippen LogP contribution in [0, 0.1) is 6.92 Å². The number of rotatable bonds is 5. The van der Waals surface area contributed by atoms with Crippen LogP contribution in [0.25, 0.3) is 16.7 Å². The van der Waals surface area contributed by atoms with E-state index in [0.29, 0.717) is 22.9 Å². The van der Waals surface area contributed by atoms with Crippen molar-refractivity contribution in [2.75, 3.05) is 0 Å². The van der Waals surface area contributed by atoms with Crippen LogP contribution in [0.1, 0.15) is 23.6 Å². The molecule has 0 spiro atoms. The molecule has 0 aliphatic heterocycles. The van der Waals surface area contributed by atoms with Crippen LogP contribution in [0.3, 0.4) is 0 Å². The van der Waals surface area contributed by atoms with Gasteiger partial charge < -0.3 is 9.52 Å². The molecule has 0 aliphatic carbocycles. The van der Waals surface area contributed by atoms with Crippen molar-refractivity contribution in [3.8, 4) is 11.4 Å². The van der Waals surface area contributed by atoms with Crippen molar-refractivity contribution in [1.29, 1.82) is 0 Å². The number of nitrogens with zero attached hydrogens (tertiary/aromatic N) is 4. The second-order valence-electron chi connectivity index (χ2n) is 6.37. The number of para-hydroxylation sites is 1. The molecule has 28 heavy (non-hydrogen) atoms. The Morgan fingerprint density at radius 3 is 2.79 bits per heavy atom. The van der Waals surface area contributed by atoms with Gasteiger partial charge in [0, 0.05) is 23.3 Å². The molecule has 0 unspecified atom stereocenters. The molecule has 0 radical (unpaired) electrons. The maximum atomic E-state index is 12.0. The standard InChI is InChI=1S/C20H18N4O3S/c1-3-13-8-15-14(9-19(26)27-18(15)10-17(13)25)11-28-20-21-22-23-24(20)16-7-5-4-6-12(16)2/h4-10,25H,3,11H2,1-2H3. The summed E-state index contributed by atoms with van der Waals surface area (Å²) >= 11 is 1.44. The van der Waals surface area contributed by atoms with Crippen molar-refractivity contribution >= 4 is 22.7 Å². The van der Waals surface area contributed by atoms with Crippen LogP contribution in [0.15, 0.2) is 56.8 Å². The number of aromatic nitrogens is 4. The smallest absolute Gasteiger partial charge is 0.336 e. The van der Waals surface area contributed by atoms with Gasteiger partial charge in [0.05, 0.1) is 5.69 Å². The quantitative estimate of drug-likeness (QED) is 0.408. The summed E-state index contributed by atoms with van der Waals surface area (Å²) in [6, 6.07) is 12.7. The van der Waals surface area contributed by atoms with Crippen LogP contribution in [0.5, 0.6) is 5.75 Å². The van der Waals surface area contributed by atoms with Gasteiger partial charge in [-0.25, -0.2) is 4.79 Å². The fourth-order valence-corrected chi connectivity index (χ4v) is 3.95. The van der Waals surface area contributed by atoms with Crippen LogP contribution in [0.4, 0.5) is 0 Å². The van der Waals surface area contributed by atoms with E-state index in [1.807, 2.05) is 44.2 Å². The zero-order chi connectivity index (χ0) is 19.7. The Morgan fingerprint density at radius 1 is 1.18 bits per heavy atom. The highest BCUT2D eigenvalue weighted by Crippen LogP contribution is 2.30. The molecule has 0 saturated carbocycles. The molecule has 2 aromatic heterocycles. The Labute approximate surface area is 165 Å². The first kappa shape index (κ1) is 18.2. The summed E-state index contributed by atoms with van der Waals surface area (Å²) in [4.78, 5) is 12.0. The van der Waals surface area contributed by atoms with Crippen LogP contribution in [-0.4, -0.2) is 25.3 Å². The monoisotopic (exact) mass is 394 g/mol. The zero-order valence-corrected chi connectivity index (χ0v) is 16.2. The zero-order valence-electron chi connectivity index (χ0n) is 15.4. The first-order chi connectivity index (χ1) is 13.6. The molecule has 0 fully saturated rings. The molecular formula is C20H18N4O3S. The molecule has 4 rings (SSSR count). The van der Waals surface area contributed by atoms with Gasteiger partial charge in [0.2, 0.25) is 5.16 Å². The molecule has 0 aliphatic rings. The molecule has 142 valence electrons. The average molecular weight is 394 g/mol. The normalized spacial score (nSPS) is 11.2. The summed E-state index contributed by atoms with van der Waals surface area (Å²) in [5.41, 5.74) is 3.50. The van der Waals surface area contributed by atoms with Gasteiger partial charge in [-0.15, -0.1) is 5.10 Å². The third kappa shape index (κ3) is 3.38. The van der Waals surface area contributed by atoms with E-state index in [4.69, 9.17) is 4.42 Å². The molecule has 0 atom stereocenters. The number of aromatic hydroxyl groups is 1. The number of phenols is 1. The topological polar surface area (TPSA) is 94.0 Å². The van der Waals surface area contributed by atoms with Crippen LogP contribution in [0.2, 0.25) is 0 Å². The van der Waals surface area contributed by atoms with Crippen LogP contribution >= 0.6 is 11.8 Å². The largest absolute Gasteiger partial charge is 0.508 e. The summed E-state index contributed by atoms with van der Waals surface area (Å²) in [6.07, 6.45) is 0.680. The lowest BCUT2D eigenvalue weighted by Crippen LogP contribution is -2.03. The minimum atomic E-state index is -0.453. The van der Waals surface area contributed by atoms with E-state index < -0.39 is 5.63 Å². The molecule has 2 heterocycles. The molecule has 0 amide bonds. The Balaban J connectivity index is 1.70. The lowest BCUT2D eigenvalue weighted by molar-refractivity contribution is 0.466. The second kappa shape index (κ2) is 7.47. The summed E-state index contributed by atoms with van der Waals surface area (Å²) in [6.45, 7) is 3.96. The van der Waals surface area contributed by atoms with Gasteiger partial charge in [0.1, 0.15) is 11.3 Å². The predicted molar refractivity (Wildman–Crippen MR) is 107 cm³/mol. The average Bonchev–Trinajstić information content (AvgIpc) is 3.14. The summed E-state index contributed by atoms with van der Waals surface area (Å²) in [5, 5.41) is 23.5. The number of thioether (sulfide) groups is 1. The lowest BCUT2D eigenvalue weighted by Gasteiger charge is -2.09. The van der Waals surface area contributed by atoms with E-state index in [2.05, 4.69) is 15.5 Å². The van der Waals surface area contributed by atoms with E-state index in [9.17, 15) is 9.90 Å². The van der Waals surface area contributed by atoms with Crippen molar-refractivity contribution in [3.63, 3.8) is 0 Å². The predicted octanol–water partition coefficient (Wildman–Crippen LogP) is 3.64. The molecular weight excluding hydrogens is 376 g/mol. The lowest BCUT2D eigenvalue weighted by atomic mass is 10.1. The molecule has 0 bridgehead atoms. The van der Waals surface area contributed by atoms with Crippen LogP contribution in [-0.2, 0) is 12.2 Å². The Morgan fingerprint density at radius 2 is 2.00 bits per heavy atom. The minimum Gasteiger partial charge on any atom is -0.508 e. The number of aryl methyl sites for hydroxylation is 2. The molecule has 8 heteroatoms. The maximum Gasteiger partial charge on any atom is 0.336 e. The maximum absolute atomic E-state index is 12.0. The molecule has 0 saturated heterocycles. The van der Waals surface area contributed by atoms with E-state index in [-0.39, 0.29) is 5.75 Å². The van der Waals surface area contributed by atoms with Crippen molar-refractivity contribution in [2.45, 2.75) is 31.2 Å². The van der Waals surface area contributed by atoms with E-state index in [0.717, 1.165) is 27.8 Å². The summed E-state index contributed by atoms with van der Waals surface area (Å²) < 4.78 is 6.95. The number of hydrogen-bond acceptors (Lipinski definition) is 7. The fourth-order valence-electron chi connectivity index (χ4n) is 3.07. The Kier molecular flexibility index (Phi) is 4.87. The van der Waals surface area contributed by atoms with Crippen molar-refractivity contribution in [1.82, 2.24) is 20.2 Å². The number of phenolic OH excluding ortho intramolecular Hbond substituents is 1. The first-order valence-electron chi connectivity index (χ1n) is 8.82. The van der Waals surface area contributed by atoms with E-state index >= 15 is 0 Å². The van der Waals surface area contributed by atoms with Gasteiger partial charge in [0.25, 0.3) is 0 Å². The van der Waals surface area contributed by atoms with Gasteiger partial charge in [0.15, 0.2) is 0 Å². The Hall–Kier alpha value is -3.13. The summed E-state index contributed by atoms with van der Waals surface area (Å²) in [7, 11) is 0. The highest BCUT2D eigenvalue weighted by molar-refractivity contribution is 7.98. The number of tetrazole rings is 1. The van der Waals surface area contributed by atoms with E-state index in [1.54, 1.807) is 4.68 Å². The van der Waals surface area contributed by atoms with Gasteiger partial charge in [-0.05, 0) is 52.6 Å². The summed E-state index contributed by atoms with van der Waals surface area (Å²) in [5.74, 6) is 0.619. The Bertz CT molecular complexity index is 1220. The SMILES string of the molecule is CCc1cc2c(CSc3nnnn3-c3ccccc3C)cc(=O)oc2cc1O. The van der Waals surface area contributed by atoms with Crippen molar-refractivity contribution in [2.24, 2.45) is 0 Å². The number of benzene rings is 2. The molecule has 2 aromatic carbocycles. The van der Waals surface area contributed by atoms with Crippen molar-refractivity contribution in [3.05, 3.63) is 69.6 Å². The van der Waals surface area contributed by atoms with E-state index in [1.165, 1.54) is 23.9 Å². The second-order valence-corrected chi connectivity index (χ2v) is 7.31. The first-order valence-corrected chi connectivity index (χ1v) is 9.81. The number of hydrogen-bond donors (Lipinski definition) is 1. The van der Waals surface area contributed by atoms with Gasteiger partial charge in [-0.1, -0.05) is 36.9 Å². The molecule has 7 nitrogen and oxygen atoms in total. The number of fused-ring (bicyclic) bond motifs is 1. The van der Waals surface area contributed by atoms with Gasteiger partial charge in [-0.2, -0.15) is 4.68 Å². The van der Waals surface area contributed by atoms with Gasteiger partial charge in [-0.3, -0.25) is 0 Å². The van der Waals surface area contributed by atoms with Crippen molar-refractivity contribution < 1.29 is 9.52 Å².